The first-order valence-electron chi connectivity index (χ1n) is 7.12. The zero-order valence-corrected chi connectivity index (χ0v) is 11.9. The van der Waals surface area contributed by atoms with Crippen LogP contribution in [-0.4, -0.2) is 36.1 Å². The number of aliphatic carboxylic acids is 1. The number of methoxy groups -OCH3 is 1. The van der Waals surface area contributed by atoms with Crippen molar-refractivity contribution < 1.29 is 24.2 Å². The summed E-state index contributed by atoms with van der Waals surface area (Å²) >= 11 is 0. The van der Waals surface area contributed by atoms with Gasteiger partial charge in [0.25, 0.3) is 0 Å². The Labute approximate surface area is 118 Å². The average Bonchev–Trinajstić information content (AvgIpc) is 2.43. The van der Waals surface area contributed by atoms with Gasteiger partial charge in [-0.15, -0.1) is 0 Å². The van der Waals surface area contributed by atoms with Crippen LogP contribution < -0.4 is 5.32 Å². The molecule has 0 aromatic rings. The second kappa shape index (κ2) is 8.55. The molecule has 1 rings (SSSR count). The van der Waals surface area contributed by atoms with Gasteiger partial charge in [0.2, 0.25) is 5.91 Å². The van der Waals surface area contributed by atoms with Crippen LogP contribution in [0.15, 0.2) is 0 Å². The van der Waals surface area contributed by atoms with Crippen LogP contribution in [0.25, 0.3) is 0 Å². The van der Waals surface area contributed by atoms with E-state index in [1.807, 2.05) is 0 Å². The standard InChI is InChI=1S/C14H23NO5/c1-20-13(17)8-7-11(14(18)19)15-12(16)9-10-5-3-2-4-6-10/h10-11H,2-9H2,1H3,(H,15,16)(H,18,19)/t11-/m1/s1. The largest absolute Gasteiger partial charge is 0.480 e. The van der Waals surface area contributed by atoms with E-state index in [-0.39, 0.29) is 18.7 Å². The van der Waals surface area contributed by atoms with Crippen molar-refractivity contribution in [3.8, 4) is 0 Å². The van der Waals surface area contributed by atoms with E-state index in [0.29, 0.717) is 12.3 Å². The lowest BCUT2D eigenvalue weighted by Crippen LogP contribution is -2.41. The molecule has 6 heteroatoms. The van der Waals surface area contributed by atoms with Gasteiger partial charge in [-0.2, -0.15) is 0 Å². The van der Waals surface area contributed by atoms with E-state index in [9.17, 15) is 14.4 Å². The summed E-state index contributed by atoms with van der Waals surface area (Å²) in [6.45, 7) is 0. The van der Waals surface area contributed by atoms with Gasteiger partial charge in [-0.25, -0.2) is 4.79 Å². The first-order chi connectivity index (χ1) is 9.52. The summed E-state index contributed by atoms with van der Waals surface area (Å²) in [5.41, 5.74) is 0. The SMILES string of the molecule is COC(=O)CC[C@@H](NC(=O)CC1CCCCC1)C(=O)O. The molecule has 0 unspecified atom stereocenters. The van der Waals surface area contributed by atoms with Crippen LogP contribution in [0.4, 0.5) is 0 Å². The van der Waals surface area contributed by atoms with E-state index in [1.54, 1.807) is 0 Å². The number of carbonyl (C=O) groups is 3. The highest BCUT2D eigenvalue weighted by molar-refractivity contribution is 5.84. The number of carboxylic acids is 1. The van der Waals surface area contributed by atoms with Crippen molar-refractivity contribution in [3.05, 3.63) is 0 Å². The lowest BCUT2D eigenvalue weighted by atomic mass is 9.87. The predicted molar refractivity (Wildman–Crippen MR) is 72.0 cm³/mol. The first kappa shape index (κ1) is 16.5. The van der Waals surface area contributed by atoms with E-state index >= 15 is 0 Å². The van der Waals surface area contributed by atoms with Gasteiger partial charge in [-0.1, -0.05) is 19.3 Å². The molecule has 1 aliphatic carbocycles. The van der Waals surface area contributed by atoms with Crippen molar-refractivity contribution in [2.24, 2.45) is 5.92 Å². The average molecular weight is 285 g/mol. The van der Waals surface area contributed by atoms with E-state index in [0.717, 1.165) is 25.7 Å². The summed E-state index contributed by atoms with van der Waals surface area (Å²) in [5.74, 6) is -1.48. The molecule has 1 saturated carbocycles. The molecule has 1 atom stereocenters. The third-order valence-corrected chi connectivity index (χ3v) is 3.70. The topological polar surface area (TPSA) is 92.7 Å². The van der Waals surface area contributed by atoms with Gasteiger partial charge in [0, 0.05) is 12.8 Å². The fraction of sp³-hybridized carbons (Fsp3) is 0.786. The Morgan fingerprint density at radius 3 is 2.45 bits per heavy atom. The Balaban J connectivity index is 2.37. The van der Waals surface area contributed by atoms with E-state index in [2.05, 4.69) is 10.1 Å². The zero-order chi connectivity index (χ0) is 15.0. The monoisotopic (exact) mass is 285 g/mol. The van der Waals surface area contributed by atoms with E-state index in [1.165, 1.54) is 13.5 Å². The number of esters is 1. The molecule has 1 aliphatic rings. The second-order valence-electron chi connectivity index (χ2n) is 5.28. The molecule has 0 aromatic carbocycles. The van der Waals surface area contributed by atoms with E-state index < -0.39 is 18.0 Å². The first-order valence-corrected chi connectivity index (χ1v) is 7.12. The van der Waals surface area contributed by atoms with Crippen LogP contribution in [-0.2, 0) is 19.1 Å². The number of carboxylic acid groups (broad SMARTS) is 1. The van der Waals surface area contributed by atoms with Crippen LogP contribution in [0, 0.1) is 5.92 Å². The van der Waals surface area contributed by atoms with Crippen LogP contribution in [0.1, 0.15) is 51.4 Å². The third-order valence-electron chi connectivity index (χ3n) is 3.70. The maximum atomic E-state index is 11.8. The van der Waals surface area contributed by atoms with Gasteiger partial charge in [0.15, 0.2) is 0 Å². The van der Waals surface area contributed by atoms with Gasteiger partial charge >= 0.3 is 11.9 Å². The van der Waals surface area contributed by atoms with Crippen molar-refractivity contribution in [2.45, 2.75) is 57.4 Å². The highest BCUT2D eigenvalue weighted by Crippen LogP contribution is 2.26. The smallest absolute Gasteiger partial charge is 0.326 e. The van der Waals surface area contributed by atoms with Gasteiger partial charge in [0.05, 0.1) is 7.11 Å². The number of hydrogen-bond donors (Lipinski definition) is 2. The summed E-state index contributed by atoms with van der Waals surface area (Å²) in [6.07, 6.45) is 5.98. The minimum absolute atomic E-state index is 0.0167. The lowest BCUT2D eigenvalue weighted by Gasteiger charge is -2.22. The Morgan fingerprint density at radius 1 is 1.25 bits per heavy atom. The molecule has 0 spiro atoms. The van der Waals surface area contributed by atoms with Gasteiger partial charge in [0.1, 0.15) is 6.04 Å². The van der Waals surface area contributed by atoms with Gasteiger partial charge in [-0.05, 0) is 25.2 Å². The summed E-state index contributed by atoms with van der Waals surface area (Å²) < 4.78 is 4.46. The molecule has 0 heterocycles. The molecule has 0 radical (unpaired) electrons. The highest BCUT2D eigenvalue weighted by Gasteiger charge is 2.23. The third kappa shape index (κ3) is 6.04. The zero-order valence-electron chi connectivity index (χ0n) is 11.9. The quantitative estimate of drug-likeness (QED) is 0.691. The van der Waals surface area contributed by atoms with Crippen molar-refractivity contribution in [1.29, 1.82) is 0 Å². The molecule has 2 N–H and O–H groups in total. The molecular weight excluding hydrogens is 262 g/mol. The fourth-order valence-corrected chi connectivity index (χ4v) is 2.53. The van der Waals surface area contributed by atoms with E-state index in [4.69, 9.17) is 5.11 Å². The Bertz CT molecular complexity index is 349. The maximum Gasteiger partial charge on any atom is 0.326 e. The lowest BCUT2D eigenvalue weighted by molar-refractivity contribution is -0.144. The molecule has 1 fully saturated rings. The van der Waals surface area contributed by atoms with Gasteiger partial charge in [-0.3, -0.25) is 9.59 Å². The molecule has 6 nitrogen and oxygen atoms in total. The molecule has 114 valence electrons. The van der Waals surface area contributed by atoms with Crippen molar-refractivity contribution in [2.75, 3.05) is 7.11 Å². The molecule has 0 aliphatic heterocycles. The Kier molecular flexibility index (Phi) is 7.04. The molecule has 0 saturated heterocycles. The predicted octanol–water partition coefficient (Wildman–Crippen LogP) is 1.48. The summed E-state index contributed by atoms with van der Waals surface area (Å²) in [6, 6.07) is -1.02. The summed E-state index contributed by atoms with van der Waals surface area (Å²) in [7, 11) is 1.25. The molecule has 1 amide bonds. The minimum atomic E-state index is -1.12. The van der Waals surface area contributed by atoms with Crippen molar-refractivity contribution in [1.82, 2.24) is 5.32 Å². The Morgan fingerprint density at radius 2 is 1.90 bits per heavy atom. The fourth-order valence-electron chi connectivity index (χ4n) is 2.53. The molecule has 20 heavy (non-hydrogen) atoms. The van der Waals surface area contributed by atoms with Crippen molar-refractivity contribution >= 4 is 17.8 Å². The summed E-state index contributed by atoms with van der Waals surface area (Å²) in [4.78, 5) is 33.9. The number of carbonyl (C=O) groups excluding carboxylic acids is 2. The number of hydrogen-bond acceptors (Lipinski definition) is 4. The minimum Gasteiger partial charge on any atom is -0.480 e. The number of rotatable bonds is 7. The second-order valence-corrected chi connectivity index (χ2v) is 5.28. The Hall–Kier alpha value is -1.59. The number of nitrogens with one attached hydrogen (secondary N) is 1. The normalized spacial score (nSPS) is 17.2. The van der Waals surface area contributed by atoms with Gasteiger partial charge < -0.3 is 15.2 Å². The maximum absolute atomic E-state index is 11.8. The van der Waals surface area contributed by atoms with Crippen LogP contribution in [0.5, 0.6) is 0 Å². The van der Waals surface area contributed by atoms with Crippen molar-refractivity contribution in [3.63, 3.8) is 0 Å². The summed E-state index contributed by atoms with van der Waals surface area (Å²) in [5, 5.41) is 11.5. The molecule has 0 bridgehead atoms. The molecular formula is C14H23NO5. The highest BCUT2D eigenvalue weighted by atomic mass is 16.5. The number of ether oxygens (including phenoxy) is 1. The van der Waals surface area contributed by atoms with Crippen LogP contribution in [0.2, 0.25) is 0 Å². The molecule has 0 aromatic heterocycles. The number of amides is 1. The van der Waals surface area contributed by atoms with Crippen LogP contribution >= 0.6 is 0 Å². The van der Waals surface area contributed by atoms with Crippen LogP contribution in [0.3, 0.4) is 0 Å².